The lowest BCUT2D eigenvalue weighted by molar-refractivity contribution is -0.0426. The average Bonchev–Trinajstić information content (AvgIpc) is 2.74. The maximum atomic E-state index is 9.35. The Labute approximate surface area is 102 Å². The van der Waals surface area contributed by atoms with Gasteiger partial charge < -0.3 is 9.84 Å². The standard InChI is InChI=1S/C12H19N3O2/c1-8(2)15-7-11(6-14-15)12(5-13)17-10(4)9(3)16/h6-10,12,16H,1-4H3. The Morgan fingerprint density at radius 1 is 1.41 bits per heavy atom. The number of aliphatic hydroxyl groups excluding tert-OH is 1. The molecule has 94 valence electrons. The molecule has 0 saturated carbocycles. The SMILES string of the molecule is CC(O)C(C)OC(C#N)c1cnn(C(C)C)c1. The van der Waals surface area contributed by atoms with Crippen LogP contribution in [0.2, 0.25) is 0 Å². The van der Waals surface area contributed by atoms with Crippen molar-refractivity contribution in [2.45, 2.75) is 52.0 Å². The fourth-order valence-electron chi connectivity index (χ4n) is 1.28. The van der Waals surface area contributed by atoms with E-state index in [0.717, 1.165) is 0 Å². The summed E-state index contributed by atoms with van der Waals surface area (Å²) in [6.45, 7) is 7.40. The lowest BCUT2D eigenvalue weighted by atomic mass is 10.2. The number of rotatable bonds is 5. The van der Waals surface area contributed by atoms with Crippen LogP contribution < -0.4 is 0 Å². The van der Waals surface area contributed by atoms with E-state index in [1.807, 2.05) is 13.8 Å². The summed E-state index contributed by atoms with van der Waals surface area (Å²) in [5.74, 6) is 0. The van der Waals surface area contributed by atoms with Crippen molar-refractivity contribution in [2.24, 2.45) is 0 Å². The highest BCUT2D eigenvalue weighted by atomic mass is 16.5. The van der Waals surface area contributed by atoms with Crippen molar-refractivity contribution >= 4 is 0 Å². The van der Waals surface area contributed by atoms with Crippen LogP contribution in [0.5, 0.6) is 0 Å². The lowest BCUT2D eigenvalue weighted by Crippen LogP contribution is -2.24. The molecule has 1 N–H and O–H groups in total. The first kappa shape index (κ1) is 13.7. The van der Waals surface area contributed by atoms with Crippen LogP contribution in [0.3, 0.4) is 0 Å². The van der Waals surface area contributed by atoms with Crippen LogP contribution in [0.1, 0.15) is 45.4 Å². The maximum Gasteiger partial charge on any atom is 0.172 e. The van der Waals surface area contributed by atoms with Crippen molar-refractivity contribution in [1.82, 2.24) is 9.78 Å². The molecule has 0 spiro atoms. The van der Waals surface area contributed by atoms with E-state index in [2.05, 4.69) is 11.2 Å². The van der Waals surface area contributed by atoms with Crippen LogP contribution >= 0.6 is 0 Å². The molecule has 1 aromatic heterocycles. The average molecular weight is 237 g/mol. The number of aromatic nitrogens is 2. The molecule has 17 heavy (non-hydrogen) atoms. The van der Waals surface area contributed by atoms with E-state index in [9.17, 15) is 5.11 Å². The van der Waals surface area contributed by atoms with Gasteiger partial charge in [-0.1, -0.05) is 0 Å². The van der Waals surface area contributed by atoms with E-state index in [1.54, 1.807) is 30.9 Å². The Hall–Kier alpha value is -1.38. The van der Waals surface area contributed by atoms with Crippen molar-refractivity contribution in [3.63, 3.8) is 0 Å². The zero-order chi connectivity index (χ0) is 13.0. The molecule has 0 aliphatic carbocycles. The van der Waals surface area contributed by atoms with Crippen molar-refractivity contribution in [3.05, 3.63) is 18.0 Å². The predicted octanol–water partition coefficient (Wildman–Crippen LogP) is 1.81. The third-order valence-corrected chi connectivity index (χ3v) is 2.60. The van der Waals surface area contributed by atoms with Gasteiger partial charge in [0.15, 0.2) is 6.10 Å². The molecular weight excluding hydrogens is 218 g/mol. The van der Waals surface area contributed by atoms with Crippen LogP contribution in [0.15, 0.2) is 12.4 Å². The smallest absolute Gasteiger partial charge is 0.172 e. The van der Waals surface area contributed by atoms with E-state index in [4.69, 9.17) is 10.00 Å². The highest BCUT2D eigenvalue weighted by molar-refractivity contribution is 5.15. The molecule has 0 aliphatic rings. The fourth-order valence-corrected chi connectivity index (χ4v) is 1.28. The summed E-state index contributed by atoms with van der Waals surface area (Å²) in [6.07, 6.45) is 1.75. The Morgan fingerprint density at radius 2 is 2.06 bits per heavy atom. The largest absolute Gasteiger partial charge is 0.391 e. The van der Waals surface area contributed by atoms with E-state index < -0.39 is 12.2 Å². The molecule has 0 aliphatic heterocycles. The lowest BCUT2D eigenvalue weighted by Gasteiger charge is -2.18. The van der Waals surface area contributed by atoms with Gasteiger partial charge in [0.1, 0.15) is 0 Å². The molecule has 5 heteroatoms. The Morgan fingerprint density at radius 3 is 2.47 bits per heavy atom. The highest BCUT2D eigenvalue weighted by Gasteiger charge is 2.19. The van der Waals surface area contributed by atoms with Gasteiger partial charge in [0, 0.05) is 17.8 Å². The Kier molecular flexibility index (Phi) is 4.67. The minimum Gasteiger partial charge on any atom is -0.391 e. The zero-order valence-corrected chi connectivity index (χ0v) is 10.7. The molecule has 0 radical (unpaired) electrons. The number of aliphatic hydroxyl groups is 1. The maximum absolute atomic E-state index is 9.35. The van der Waals surface area contributed by atoms with Gasteiger partial charge >= 0.3 is 0 Å². The first-order chi connectivity index (χ1) is 7.95. The Balaban J connectivity index is 2.77. The summed E-state index contributed by atoms with van der Waals surface area (Å²) in [4.78, 5) is 0. The molecule has 1 rings (SSSR count). The van der Waals surface area contributed by atoms with Crippen LogP contribution in [0, 0.1) is 11.3 Å². The first-order valence-corrected chi connectivity index (χ1v) is 5.73. The monoisotopic (exact) mass is 237 g/mol. The summed E-state index contributed by atoms with van der Waals surface area (Å²) in [7, 11) is 0. The third-order valence-electron chi connectivity index (χ3n) is 2.60. The van der Waals surface area contributed by atoms with Gasteiger partial charge in [0.2, 0.25) is 0 Å². The summed E-state index contributed by atoms with van der Waals surface area (Å²) in [6, 6.07) is 2.32. The van der Waals surface area contributed by atoms with Gasteiger partial charge in [0.05, 0.1) is 24.5 Å². The van der Waals surface area contributed by atoms with Crippen LogP contribution in [-0.4, -0.2) is 27.1 Å². The topological polar surface area (TPSA) is 71.1 Å². The second kappa shape index (κ2) is 5.80. The van der Waals surface area contributed by atoms with Crippen LogP contribution in [-0.2, 0) is 4.74 Å². The van der Waals surface area contributed by atoms with E-state index in [-0.39, 0.29) is 12.1 Å². The van der Waals surface area contributed by atoms with Gasteiger partial charge in [-0.2, -0.15) is 10.4 Å². The first-order valence-electron chi connectivity index (χ1n) is 5.73. The van der Waals surface area contributed by atoms with Gasteiger partial charge in [-0.3, -0.25) is 4.68 Å². The highest BCUT2D eigenvalue weighted by Crippen LogP contribution is 2.20. The van der Waals surface area contributed by atoms with Gasteiger partial charge in [-0.15, -0.1) is 0 Å². The number of hydrogen-bond donors (Lipinski definition) is 1. The number of hydrogen-bond acceptors (Lipinski definition) is 4. The molecule has 3 atom stereocenters. The van der Waals surface area contributed by atoms with Crippen molar-refractivity contribution < 1.29 is 9.84 Å². The van der Waals surface area contributed by atoms with Gasteiger partial charge in [-0.25, -0.2) is 0 Å². The summed E-state index contributed by atoms with van der Waals surface area (Å²) in [5, 5.41) is 22.6. The molecule has 3 unspecified atom stereocenters. The van der Waals surface area contributed by atoms with E-state index in [0.29, 0.717) is 5.56 Å². The normalized spacial score (nSPS) is 16.5. The Bertz CT molecular complexity index is 393. The van der Waals surface area contributed by atoms with E-state index >= 15 is 0 Å². The molecule has 1 aromatic rings. The minimum atomic E-state index is -0.688. The predicted molar refractivity (Wildman–Crippen MR) is 63.2 cm³/mol. The molecule has 0 aromatic carbocycles. The second-order valence-corrected chi connectivity index (χ2v) is 4.44. The molecule has 0 amide bonds. The number of nitriles is 1. The quantitative estimate of drug-likeness (QED) is 0.847. The molecule has 0 saturated heterocycles. The van der Waals surface area contributed by atoms with Crippen molar-refractivity contribution in [1.29, 1.82) is 5.26 Å². The third kappa shape index (κ3) is 3.55. The summed E-state index contributed by atoms with van der Waals surface area (Å²) in [5.41, 5.74) is 0.716. The van der Waals surface area contributed by atoms with Crippen molar-refractivity contribution in [3.8, 4) is 6.07 Å². The summed E-state index contributed by atoms with van der Waals surface area (Å²) >= 11 is 0. The summed E-state index contributed by atoms with van der Waals surface area (Å²) < 4.78 is 7.25. The van der Waals surface area contributed by atoms with Crippen LogP contribution in [0.4, 0.5) is 0 Å². The van der Waals surface area contributed by atoms with E-state index in [1.165, 1.54) is 0 Å². The fraction of sp³-hybridized carbons (Fsp3) is 0.667. The van der Waals surface area contributed by atoms with Crippen LogP contribution in [0.25, 0.3) is 0 Å². The van der Waals surface area contributed by atoms with Gasteiger partial charge in [-0.05, 0) is 27.7 Å². The molecule has 0 bridgehead atoms. The molecule has 5 nitrogen and oxygen atoms in total. The van der Waals surface area contributed by atoms with Crippen molar-refractivity contribution in [2.75, 3.05) is 0 Å². The molecule has 0 fully saturated rings. The molecular formula is C12H19N3O2. The number of ether oxygens (including phenoxy) is 1. The minimum absolute atomic E-state index is 0.247. The second-order valence-electron chi connectivity index (χ2n) is 4.44. The molecule has 1 heterocycles. The zero-order valence-electron chi connectivity index (χ0n) is 10.7. The number of nitrogens with zero attached hydrogens (tertiary/aromatic N) is 3. The van der Waals surface area contributed by atoms with Gasteiger partial charge in [0.25, 0.3) is 0 Å².